The lowest BCUT2D eigenvalue weighted by molar-refractivity contribution is -0.137. The lowest BCUT2D eigenvalue weighted by Gasteiger charge is -2.31. The van der Waals surface area contributed by atoms with Gasteiger partial charge in [0, 0.05) is 13.1 Å². The first-order valence-corrected chi connectivity index (χ1v) is 9.07. The van der Waals surface area contributed by atoms with E-state index in [1.165, 1.54) is 24.3 Å². The number of anilines is 2. The number of ether oxygens (including phenoxy) is 1. The molecule has 1 amide bonds. The Balaban J connectivity index is 1.82. The number of nitrogens with zero attached hydrogens (tertiary/aromatic N) is 1. The standard InChI is InChI=1S/C19H17F4N3O2S/c20-14-4-2-1-3-13(14)17(27)25-18(29)24-15-11-12(19(21,22)23)5-6-16(15)26-7-9-28-10-8-26/h1-6,11H,7-10H2,(H2,24,25,27,29). The highest BCUT2D eigenvalue weighted by Gasteiger charge is 2.31. The van der Waals surface area contributed by atoms with E-state index >= 15 is 0 Å². The molecular formula is C19H17F4N3O2S. The molecule has 0 saturated carbocycles. The van der Waals surface area contributed by atoms with E-state index in [-0.39, 0.29) is 16.4 Å². The van der Waals surface area contributed by atoms with Crippen molar-refractivity contribution >= 4 is 34.6 Å². The van der Waals surface area contributed by atoms with Gasteiger partial charge in [0.2, 0.25) is 0 Å². The summed E-state index contributed by atoms with van der Waals surface area (Å²) in [6.45, 7) is 1.87. The van der Waals surface area contributed by atoms with Gasteiger partial charge >= 0.3 is 6.18 Å². The Morgan fingerprint density at radius 1 is 1.10 bits per heavy atom. The van der Waals surface area contributed by atoms with Crippen molar-refractivity contribution in [2.75, 3.05) is 36.5 Å². The summed E-state index contributed by atoms with van der Waals surface area (Å²) in [4.78, 5) is 14.0. The summed E-state index contributed by atoms with van der Waals surface area (Å²) in [7, 11) is 0. The molecule has 1 aliphatic heterocycles. The molecular weight excluding hydrogens is 410 g/mol. The molecule has 10 heteroatoms. The zero-order valence-electron chi connectivity index (χ0n) is 15.1. The van der Waals surface area contributed by atoms with Gasteiger partial charge in [-0.15, -0.1) is 0 Å². The lowest BCUT2D eigenvalue weighted by atomic mass is 10.1. The second-order valence-electron chi connectivity index (χ2n) is 6.22. The molecule has 0 aromatic heterocycles. The Kier molecular flexibility index (Phi) is 6.33. The van der Waals surface area contributed by atoms with Gasteiger partial charge in [-0.25, -0.2) is 4.39 Å². The molecule has 0 spiro atoms. The molecule has 1 heterocycles. The minimum atomic E-state index is -4.54. The first kappa shape index (κ1) is 21.0. The Morgan fingerprint density at radius 2 is 1.79 bits per heavy atom. The van der Waals surface area contributed by atoms with Crippen LogP contribution in [0, 0.1) is 5.82 Å². The summed E-state index contributed by atoms with van der Waals surface area (Å²) in [5.74, 6) is -1.54. The van der Waals surface area contributed by atoms with Gasteiger partial charge < -0.3 is 15.0 Å². The number of alkyl halides is 3. The summed E-state index contributed by atoms with van der Waals surface area (Å²) in [6, 6.07) is 8.56. The van der Waals surface area contributed by atoms with E-state index in [0.717, 1.165) is 18.2 Å². The van der Waals surface area contributed by atoms with Crippen LogP contribution in [0.4, 0.5) is 28.9 Å². The van der Waals surface area contributed by atoms with Crippen molar-refractivity contribution in [3.63, 3.8) is 0 Å². The van der Waals surface area contributed by atoms with Gasteiger partial charge in [0.1, 0.15) is 5.82 Å². The Morgan fingerprint density at radius 3 is 2.45 bits per heavy atom. The first-order valence-electron chi connectivity index (χ1n) is 8.66. The van der Waals surface area contributed by atoms with Gasteiger partial charge in [-0.1, -0.05) is 12.1 Å². The van der Waals surface area contributed by atoms with Crippen molar-refractivity contribution in [1.82, 2.24) is 5.32 Å². The van der Waals surface area contributed by atoms with Gasteiger partial charge in [-0.3, -0.25) is 10.1 Å². The van der Waals surface area contributed by atoms with Crippen LogP contribution in [0.3, 0.4) is 0 Å². The van der Waals surface area contributed by atoms with Crippen molar-refractivity contribution in [2.24, 2.45) is 0 Å². The number of carbonyl (C=O) groups excluding carboxylic acids is 1. The van der Waals surface area contributed by atoms with Gasteiger partial charge in [0.15, 0.2) is 5.11 Å². The smallest absolute Gasteiger partial charge is 0.378 e. The number of nitrogens with one attached hydrogen (secondary N) is 2. The molecule has 29 heavy (non-hydrogen) atoms. The van der Waals surface area contributed by atoms with Gasteiger partial charge in [-0.2, -0.15) is 13.2 Å². The third kappa shape index (κ3) is 5.21. The van der Waals surface area contributed by atoms with E-state index in [1.807, 2.05) is 4.90 Å². The number of amides is 1. The predicted molar refractivity (Wildman–Crippen MR) is 105 cm³/mol. The molecule has 2 N–H and O–H groups in total. The van der Waals surface area contributed by atoms with E-state index in [2.05, 4.69) is 10.6 Å². The summed E-state index contributed by atoms with van der Waals surface area (Å²) < 4.78 is 58.5. The largest absolute Gasteiger partial charge is 0.416 e. The minimum absolute atomic E-state index is 0.0839. The van der Waals surface area contributed by atoms with Crippen molar-refractivity contribution in [3.8, 4) is 0 Å². The topological polar surface area (TPSA) is 53.6 Å². The third-order valence-electron chi connectivity index (χ3n) is 4.27. The van der Waals surface area contributed by atoms with Gasteiger partial charge in [0.25, 0.3) is 5.91 Å². The SMILES string of the molecule is O=C(NC(=S)Nc1cc(C(F)(F)F)ccc1N1CCOCC1)c1ccccc1F. The molecule has 0 bridgehead atoms. The normalized spacial score (nSPS) is 14.4. The second-order valence-corrected chi connectivity index (χ2v) is 6.63. The second kappa shape index (κ2) is 8.75. The lowest BCUT2D eigenvalue weighted by Crippen LogP contribution is -2.38. The molecule has 1 fully saturated rings. The maximum atomic E-state index is 13.7. The van der Waals surface area contributed by atoms with E-state index in [1.54, 1.807) is 0 Å². The van der Waals surface area contributed by atoms with E-state index in [4.69, 9.17) is 17.0 Å². The number of carbonyl (C=O) groups is 1. The number of benzene rings is 2. The molecule has 0 radical (unpaired) electrons. The summed E-state index contributed by atoms with van der Waals surface area (Å²) in [6.07, 6.45) is -4.54. The fourth-order valence-corrected chi connectivity index (χ4v) is 3.06. The van der Waals surface area contributed by atoms with Crippen molar-refractivity contribution in [1.29, 1.82) is 0 Å². The maximum absolute atomic E-state index is 13.7. The average molecular weight is 427 g/mol. The third-order valence-corrected chi connectivity index (χ3v) is 4.47. The number of morpholine rings is 1. The molecule has 154 valence electrons. The summed E-state index contributed by atoms with van der Waals surface area (Å²) in [5.41, 5.74) is -0.515. The average Bonchev–Trinajstić information content (AvgIpc) is 2.68. The molecule has 1 saturated heterocycles. The van der Waals surface area contributed by atoms with Crippen LogP contribution in [0.5, 0.6) is 0 Å². The molecule has 0 unspecified atom stereocenters. The quantitative estimate of drug-likeness (QED) is 0.577. The maximum Gasteiger partial charge on any atom is 0.416 e. The van der Waals surface area contributed by atoms with E-state index in [9.17, 15) is 22.4 Å². The van der Waals surface area contributed by atoms with Crippen molar-refractivity contribution in [3.05, 3.63) is 59.4 Å². The van der Waals surface area contributed by atoms with Crippen molar-refractivity contribution < 1.29 is 27.1 Å². The molecule has 1 aliphatic rings. The predicted octanol–water partition coefficient (Wildman–Crippen LogP) is 3.81. The van der Waals surface area contributed by atoms with Gasteiger partial charge in [0.05, 0.1) is 35.7 Å². The minimum Gasteiger partial charge on any atom is -0.378 e. The van der Waals surface area contributed by atoms with Gasteiger partial charge in [-0.05, 0) is 42.5 Å². The zero-order valence-corrected chi connectivity index (χ0v) is 15.9. The number of hydrogen-bond donors (Lipinski definition) is 2. The molecule has 2 aromatic carbocycles. The van der Waals surface area contributed by atoms with Crippen LogP contribution >= 0.6 is 12.2 Å². The van der Waals surface area contributed by atoms with E-state index < -0.39 is 23.5 Å². The van der Waals surface area contributed by atoms with Crippen LogP contribution in [0.1, 0.15) is 15.9 Å². The number of hydrogen-bond acceptors (Lipinski definition) is 4. The highest BCUT2D eigenvalue weighted by molar-refractivity contribution is 7.80. The monoisotopic (exact) mass is 427 g/mol. The zero-order chi connectivity index (χ0) is 21.0. The highest BCUT2D eigenvalue weighted by Crippen LogP contribution is 2.35. The van der Waals surface area contributed by atoms with Crippen molar-refractivity contribution in [2.45, 2.75) is 6.18 Å². The molecule has 3 rings (SSSR count). The molecule has 2 aromatic rings. The molecule has 5 nitrogen and oxygen atoms in total. The van der Waals surface area contributed by atoms with Crippen LogP contribution in [0.2, 0.25) is 0 Å². The summed E-state index contributed by atoms with van der Waals surface area (Å²) in [5, 5.41) is 4.68. The highest BCUT2D eigenvalue weighted by atomic mass is 32.1. The van der Waals surface area contributed by atoms with Crippen LogP contribution in [0.25, 0.3) is 0 Å². The Bertz CT molecular complexity index is 915. The molecule has 0 atom stereocenters. The van der Waals surface area contributed by atoms with Crippen LogP contribution in [0.15, 0.2) is 42.5 Å². The number of thiocarbonyl (C=S) groups is 1. The van der Waals surface area contributed by atoms with E-state index in [0.29, 0.717) is 32.0 Å². The number of halogens is 4. The van der Waals surface area contributed by atoms with Crippen LogP contribution < -0.4 is 15.5 Å². The Labute approximate surface area is 169 Å². The number of rotatable bonds is 3. The molecule has 0 aliphatic carbocycles. The first-order chi connectivity index (χ1) is 13.8. The van der Waals surface area contributed by atoms with Crippen LogP contribution in [-0.2, 0) is 10.9 Å². The fraction of sp³-hybridized carbons (Fsp3) is 0.263. The Hall–Kier alpha value is -2.72. The fourth-order valence-electron chi connectivity index (χ4n) is 2.86. The summed E-state index contributed by atoms with van der Waals surface area (Å²) >= 11 is 5.06. The van der Waals surface area contributed by atoms with Crippen LogP contribution in [-0.4, -0.2) is 37.3 Å².